The van der Waals surface area contributed by atoms with Crippen LogP contribution in [-0.2, 0) is 16.6 Å². The van der Waals surface area contributed by atoms with Crippen LogP contribution >= 0.6 is 0 Å². The van der Waals surface area contributed by atoms with Crippen LogP contribution < -0.4 is 10.5 Å². The molecule has 0 amide bonds. The minimum Gasteiger partial charge on any atom is -0.465 e. The molecule has 0 spiro atoms. The normalized spacial score (nSPS) is 13.3. The Morgan fingerprint density at radius 2 is 1.85 bits per heavy atom. The fraction of sp³-hybridized carbons (Fsp3) is 0.286. The van der Waals surface area contributed by atoms with Gasteiger partial charge in [0.2, 0.25) is 10.0 Å². The molecule has 0 aliphatic heterocycles. The van der Waals surface area contributed by atoms with Gasteiger partial charge in [-0.15, -0.1) is 0 Å². The van der Waals surface area contributed by atoms with Crippen LogP contribution in [0.2, 0.25) is 0 Å². The van der Waals surface area contributed by atoms with E-state index in [1.54, 1.807) is 12.1 Å². The van der Waals surface area contributed by atoms with Crippen LogP contribution in [0.5, 0.6) is 0 Å². The molecule has 1 unspecified atom stereocenters. The summed E-state index contributed by atoms with van der Waals surface area (Å²) in [4.78, 5) is 0.121. The van der Waals surface area contributed by atoms with E-state index < -0.39 is 10.0 Å². The molecule has 1 aromatic carbocycles. The smallest absolute Gasteiger partial charge is 0.238 e. The van der Waals surface area contributed by atoms with Crippen molar-refractivity contribution >= 4 is 10.0 Å². The van der Waals surface area contributed by atoms with Crippen LogP contribution in [-0.4, -0.2) is 8.42 Å². The summed E-state index contributed by atoms with van der Waals surface area (Å²) in [5, 5.41) is 8.36. The second-order valence-electron chi connectivity index (χ2n) is 4.74. The molecule has 1 heterocycles. The van der Waals surface area contributed by atoms with Crippen molar-refractivity contribution in [1.82, 2.24) is 5.32 Å². The van der Waals surface area contributed by atoms with E-state index in [9.17, 15) is 8.42 Å². The average Bonchev–Trinajstić information content (AvgIpc) is 2.82. The van der Waals surface area contributed by atoms with Gasteiger partial charge in [-0.1, -0.05) is 12.1 Å². The lowest BCUT2D eigenvalue weighted by atomic mass is 10.2. The van der Waals surface area contributed by atoms with Gasteiger partial charge in [0.25, 0.3) is 0 Å². The molecule has 108 valence electrons. The number of sulfonamides is 1. The maximum Gasteiger partial charge on any atom is 0.238 e. The van der Waals surface area contributed by atoms with E-state index >= 15 is 0 Å². The second kappa shape index (κ2) is 5.78. The van der Waals surface area contributed by atoms with E-state index in [4.69, 9.17) is 9.56 Å². The summed E-state index contributed by atoms with van der Waals surface area (Å²) < 4.78 is 27.8. The fourth-order valence-electron chi connectivity index (χ4n) is 1.85. The quantitative estimate of drug-likeness (QED) is 0.884. The van der Waals surface area contributed by atoms with Gasteiger partial charge in [-0.3, -0.25) is 0 Å². The molecule has 0 fully saturated rings. The van der Waals surface area contributed by atoms with Gasteiger partial charge in [0.05, 0.1) is 10.9 Å². The van der Waals surface area contributed by atoms with Crippen LogP contribution in [0.4, 0.5) is 0 Å². The van der Waals surface area contributed by atoms with E-state index in [1.807, 2.05) is 26.0 Å². The third-order valence-electron chi connectivity index (χ3n) is 3.05. The van der Waals surface area contributed by atoms with Crippen molar-refractivity contribution in [1.29, 1.82) is 0 Å². The zero-order valence-electron chi connectivity index (χ0n) is 11.5. The van der Waals surface area contributed by atoms with Crippen molar-refractivity contribution in [3.8, 4) is 0 Å². The number of nitrogens with one attached hydrogen (secondary N) is 1. The highest BCUT2D eigenvalue weighted by molar-refractivity contribution is 7.89. The van der Waals surface area contributed by atoms with Crippen molar-refractivity contribution in [3.63, 3.8) is 0 Å². The Kier molecular flexibility index (Phi) is 4.27. The summed E-state index contributed by atoms with van der Waals surface area (Å²) in [7, 11) is -3.63. The molecule has 0 bridgehead atoms. The van der Waals surface area contributed by atoms with Crippen molar-refractivity contribution in [2.75, 3.05) is 0 Å². The number of primary sulfonamides is 1. The summed E-state index contributed by atoms with van der Waals surface area (Å²) in [6, 6.07) is 10.5. The third kappa shape index (κ3) is 3.69. The first-order chi connectivity index (χ1) is 9.36. The molecule has 6 heteroatoms. The molecule has 20 heavy (non-hydrogen) atoms. The van der Waals surface area contributed by atoms with Gasteiger partial charge in [-0.2, -0.15) is 0 Å². The van der Waals surface area contributed by atoms with Gasteiger partial charge in [0.1, 0.15) is 11.5 Å². The maximum atomic E-state index is 11.1. The van der Waals surface area contributed by atoms with Crippen molar-refractivity contribution in [2.24, 2.45) is 5.14 Å². The molecular formula is C14H18N2O3S. The minimum atomic E-state index is -3.63. The van der Waals surface area contributed by atoms with E-state index in [2.05, 4.69) is 5.32 Å². The highest BCUT2D eigenvalue weighted by Crippen LogP contribution is 2.16. The van der Waals surface area contributed by atoms with Crippen molar-refractivity contribution in [2.45, 2.75) is 31.3 Å². The van der Waals surface area contributed by atoms with Gasteiger partial charge in [0.15, 0.2) is 0 Å². The molecule has 0 aliphatic rings. The first-order valence-corrected chi connectivity index (χ1v) is 7.82. The van der Waals surface area contributed by atoms with E-state index in [-0.39, 0.29) is 10.9 Å². The predicted octanol–water partition coefficient (Wildman–Crippen LogP) is 2.09. The fourth-order valence-corrected chi connectivity index (χ4v) is 2.37. The predicted molar refractivity (Wildman–Crippen MR) is 76.5 cm³/mol. The first kappa shape index (κ1) is 14.8. The Balaban J connectivity index is 1.97. The molecule has 2 aromatic rings. The number of rotatable bonds is 5. The van der Waals surface area contributed by atoms with Crippen LogP contribution in [0.25, 0.3) is 0 Å². The summed E-state index contributed by atoms with van der Waals surface area (Å²) in [5.74, 6) is 1.76. The molecule has 1 atom stereocenters. The Labute approximate surface area is 118 Å². The molecule has 3 N–H and O–H groups in total. The zero-order valence-corrected chi connectivity index (χ0v) is 12.3. The van der Waals surface area contributed by atoms with Crippen LogP contribution in [0.1, 0.15) is 30.0 Å². The molecular weight excluding hydrogens is 276 g/mol. The molecule has 0 saturated carbocycles. The standard InChI is InChI=1S/C14H18N2O3S/c1-10-3-8-14(19-10)11(2)16-9-12-4-6-13(7-5-12)20(15,17)18/h3-8,11,16H,9H2,1-2H3,(H2,15,17,18). The molecule has 1 aromatic heterocycles. The summed E-state index contributed by atoms with van der Waals surface area (Å²) in [6.45, 7) is 4.53. The highest BCUT2D eigenvalue weighted by atomic mass is 32.2. The highest BCUT2D eigenvalue weighted by Gasteiger charge is 2.10. The molecule has 0 saturated heterocycles. The largest absolute Gasteiger partial charge is 0.465 e. The number of furan rings is 1. The average molecular weight is 294 g/mol. The van der Waals surface area contributed by atoms with Gasteiger partial charge in [-0.25, -0.2) is 13.6 Å². The van der Waals surface area contributed by atoms with E-state index in [0.717, 1.165) is 17.1 Å². The molecule has 2 rings (SSSR count). The SMILES string of the molecule is Cc1ccc(C(C)NCc2ccc(S(N)(=O)=O)cc2)o1. The van der Waals surface area contributed by atoms with E-state index in [1.165, 1.54) is 12.1 Å². The molecule has 0 radical (unpaired) electrons. The Hall–Kier alpha value is -1.63. The Morgan fingerprint density at radius 3 is 2.35 bits per heavy atom. The maximum absolute atomic E-state index is 11.1. The summed E-state index contributed by atoms with van der Waals surface area (Å²) >= 11 is 0. The second-order valence-corrected chi connectivity index (χ2v) is 6.30. The lowest BCUT2D eigenvalue weighted by Crippen LogP contribution is -2.18. The zero-order chi connectivity index (χ0) is 14.8. The lowest BCUT2D eigenvalue weighted by Gasteiger charge is -2.11. The number of hydrogen-bond donors (Lipinski definition) is 2. The molecule has 5 nitrogen and oxygen atoms in total. The van der Waals surface area contributed by atoms with Gasteiger partial charge in [-0.05, 0) is 43.7 Å². The number of nitrogens with two attached hydrogens (primary N) is 1. The summed E-state index contributed by atoms with van der Waals surface area (Å²) in [5.41, 5.74) is 0.979. The number of hydrogen-bond acceptors (Lipinski definition) is 4. The Morgan fingerprint density at radius 1 is 1.20 bits per heavy atom. The van der Waals surface area contributed by atoms with Gasteiger partial charge >= 0.3 is 0 Å². The van der Waals surface area contributed by atoms with Gasteiger partial charge in [0, 0.05) is 6.54 Å². The van der Waals surface area contributed by atoms with Crippen LogP contribution in [0.3, 0.4) is 0 Å². The molecule has 0 aliphatic carbocycles. The Bertz CT molecular complexity index is 675. The van der Waals surface area contributed by atoms with Crippen molar-refractivity contribution < 1.29 is 12.8 Å². The first-order valence-electron chi connectivity index (χ1n) is 6.28. The minimum absolute atomic E-state index is 0.0848. The van der Waals surface area contributed by atoms with Crippen LogP contribution in [0, 0.1) is 6.92 Å². The lowest BCUT2D eigenvalue weighted by molar-refractivity contribution is 0.416. The monoisotopic (exact) mass is 294 g/mol. The van der Waals surface area contributed by atoms with Crippen LogP contribution in [0.15, 0.2) is 45.7 Å². The number of aryl methyl sites for hydroxylation is 1. The topological polar surface area (TPSA) is 85.3 Å². The van der Waals surface area contributed by atoms with Gasteiger partial charge < -0.3 is 9.73 Å². The summed E-state index contributed by atoms with van der Waals surface area (Å²) in [6.07, 6.45) is 0. The van der Waals surface area contributed by atoms with E-state index in [0.29, 0.717) is 6.54 Å². The third-order valence-corrected chi connectivity index (χ3v) is 3.98. The number of benzene rings is 1. The van der Waals surface area contributed by atoms with Crippen molar-refractivity contribution in [3.05, 3.63) is 53.5 Å².